The minimum absolute atomic E-state index is 0.0536. The number of carbonyl (C=O) groups excluding carboxylic acids is 1. The van der Waals surface area contributed by atoms with E-state index < -0.39 is 0 Å². The van der Waals surface area contributed by atoms with Gasteiger partial charge in [-0.1, -0.05) is 24.3 Å². The molecule has 0 saturated carbocycles. The molecule has 0 aliphatic rings. The summed E-state index contributed by atoms with van der Waals surface area (Å²) < 4.78 is 7.75. The summed E-state index contributed by atoms with van der Waals surface area (Å²) in [6.45, 7) is 5.58. The van der Waals surface area contributed by atoms with Crippen molar-refractivity contribution in [3.05, 3.63) is 72.7 Å². The molecule has 0 atom stereocenters. The third-order valence-corrected chi connectivity index (χ3v) is 4.51. The largest absolute Gasteiger partial charge is 0.491 e. The average Bonchev–Trinajstić information content (AvgIpc) is 3.11. The first-order valence-electron chi connectivity index (χ1n) is 9.23. The number of pyridine rings is 1. The molecule has 0 radical (unpaired) electrons. The molecule has 0 unspecified atom stereocenters. The summed E-state index contributed by atoms with van der Waals surface area (Å²) in [5.41, 5.74) is 5.29. The molecule has 28 heavy (non-hydrogen) atoms. The molecule has 0 fully saturated rings. The zero-order valence-corrected chi connectivity index (χ0v) is 16.1. The molecule has 140 valence electrons. The molecule has 0 bridgehead atoms. The molecule has 0 saturated heterocycles. The number of fused-ring (bicyclic) bond motifs is 1. The number of carbonyl (C=O) groups is 1. The molecule has 0 aliphatic carbocycles. The van der Waals surface area contributed by atoms with Crippen LogP contribution in [0, 0.1) is 0 Å². The maximum atomic E-state index is 11.5. The first kappa shape index (κ1) is 17.9. The van der Waals surface area contributed by atoms with Gasteiger partial charge in [0.25, 0.3) is 0 Å². The number of aromatic nitrogens is 3. The Morgan fingerprint density at radius 3 is 2.36 bits per heavy atom. The van der Waals surface area contributed by atoms with E-state index in [1.54, 1.807) is 19.4 Å². The number of nitrogens with zero attached hydrogens (tertiary/aromatic N) is 3. The summed E-state index contributed by atoms with van der Waals surface area (Å²) in [7, 11) is 0. The number of rotatable bonds is 5. The Morgan fingerprint density at radius 2 is 1.71 bits per heavy atom. The Labute approximate surface area is 163 Å². The maximum absolute atomic E-state index is 11.5. The van der Waals surface area contributed by atoms with Gasteiger partial charge in [-0.2, -0.15) is 0 Å². The summed E-state index contributed by atoms with van der Waals surface area (Å²) in [4.78, 5) is 20.5. The lowest BCUT2D eigenvalue weighted by atomic mass is 10.1. The van der Waals surface area contributed by atoms with E-state index in [0.717, 1.165) is 33.7 Å². The van der Waals surface area contributed by atoms with E-state index in [2.05, 4.69) is 9.97 Å². The van der Waals surface area contributed by atoms with Gasteiger partial charge in [0, 0.05) is 16.8 Å². The second-order valence-electron chi connectivity index (χ2n) is 6.97. The van der Waals surface area contributed by atoms with Crippen molar-refractivity contribution in [3.8, 4) is 22.7 Å². The van der Waals surface area contributed by atoms with Crippen LogP contribution in [0.1, 0.15) is 31.1 Å². The van der Waals surface area contributed by atoms with Gasteiger partial charge >= 0.3 is 0 Å². The second kappa shape index (κ2) is 7.27. The minimum atomic E-state index is 0.0536. The first-order valence-corrected chi connectivity index (χ1v) is 9.23. The summed E-state index contributed by atoms with van der Waals surface area (Å²) in [5, 5.41) is 0. The Bertz CT molecular complexity index is 1130. The number of benzene rings is 2. The molecule has 2 aromatic carbocycles. The minimum Gasteiger partial charge on any atom is -0.491 e. The summed E-state index contributed by atoms with van der Waals surface area (Å²) >= 11 is 0. The standard InChI is InChI=1S/C23H21N3O2/c1-15(2)28-20-10-8-19(9-11-20)26-14-25-22-13-24-21(12-23(22)26)18-6-4-17(5-7-18)16(3)27/h4-15H,1-3H3. The van der Waals surface area contributed by atoms with Gasteiger partial charge in [0.05, 0.1) is 23.5 Å². The van der Waals surface area contributed by atoms with Gasteiger partial charge in [0.1, 0.15) is 17.6 Å². The SMILES string of the molecule is CC(=O)c1ccc(-c2cc3c(cn2)ncn3-c2ccc(OC(C)C)cc2)cc1. The number of ether oxygens (including phenoxy) is 1. The average molecular weight is 371 g/mol. The van der Waals surface area contributed by atoms with E-state index in [1.807, 2.05) is 73.0 Å². The molecule has 0 amide bonds. The predicted octanol–water partition coefficient (Wildman–Crippen LogP) is 5.08. The highest BCUT2D eigenvalue weighted by Crippen LogP contribution is 2.25. The fourth-order valence-electron chi connectivity index (χ4n) is 3.11. The molecule has 4 rings (SSSR count). The molecule has 0 aliphatic heterocycles. The van der Waals surface area contributed by atoms with Crippen LogP contribution >= 0.6 is 0 Å². The summed E-state index contributed by atoms with van der Waals surface area (Å²) in [6, 6.07) is 17.5. The lowest BCUT2D eigenvalue weighted by molar-refractivity contribution is 0.101. The van der Waals surface area contributed by atoms with Gasteiger partial charge in [0.2, 0.25) is 0 Å². The van der Waals surface area contributed by atoms with Crippen molar-refractivity contribution < 1.29 is 9.53 Å². The summed E-state index contributed by atoms with van der Waals surface area (Å²) in [6.07, 6.45) is 3.71. The normalized spacial score (nSPS) is 11.1. The zero-order chi connectivity index (χ0) is 19.7. The van der Waals surface area contributed by atoms with E-state index in [4.69, 9.17) is 4.74 Å². The van der Waals surface area contributed by atoms with Crippen molar-refractivity contribution in [2.45, 2.75) is 26.9 Å². The Balaban J connectivity index is 1.71. The third kappa shape index (κ3) is 3.51. The van der Waals surface area contributed by atoms with Gasteiger partial charge in [-0.25, -0.2) is 4.98 Å². The number of hydrogen-bond acceptors (Lipinski definition) is 4. The fraction of sp³-hybridized carbons (Fsp3) is 0.174. The fourth-order valence-corrected chi connectivity index (χ4v) is 3.11. The zero-order valence-electron chi connectivity index (χ0n) is 16.1. The topological polar surface area (TPSA) is 57.0 Å². The number of imidazole rings is 1. The van der Waals surface area contributed by atoms with Crippen LogP contribution in [0.25, 0.3) is 28.0 Å². The van der Waals surface area contributed by atoms with Crippen molar-refractivity contribution in [2.75, 3.05) is 0 Å². The molecular weight excluding hydrogens is 350 g/mol. The highest BCUT2D eigenvalue weighted by atomic mass is 16.5. The predicted molar refractivity (Wildman–Crippen MR) is 110 cm³/mol. The molecule has 2 heterocycles. The van der Waals surface area contributed by atoms with E-state index in [-0.39, 0.29) is 11.9 Å². The van der Waals surface area contributed by atoms with Crippen molar-refractivity contribution in [1.29, 1.82) is 0 Å². The van der Waals surface area contributed by atoms with E-state index in [1.165, 1.54) is 0 Å². The molecule has 0 spiro atoms. The lowest BCUT2D eigenvalue weighted by Crippen LogP contribution is -2.05. The Kier molecular flexibility index (Phi) is 4.65. The molecular formula is C23H21N3O2. The van der Waals surface area contributed by atoms with E-state index in [0.29, 0.717) is 5.56 Å². The van der Waals surface area contributed by atoms with Crippen LogP contribution in [0.2, 0.25) is 0 Å². The van der Waals surface area contributed by atoms with Gasteiger partial charge in [-0.05, 0) is 51.1 Å². The van der Waals surface area contributed by atoms with Crippen LogP contribution in [0.5, 0.6) is 5.75 Å². The van der Waals surface area contributed by atoms with E-state index >= 15 is 0 Å². The van der Waals surface area contributed by atoms with Crippen LogP contribution in [0.15, 0.2) is 67.1 Å². The van der Waals surface area contributed by atoms with Crippen molar-refractivity contribution >= 4 is 16.8 Å². The van der Waals surface area contributed by atoms with Crippen molar-refractivity contribution in [3.63, 3.8) is 0 Å². The molecule has 0 N–H and O–H groups in total. The van der Waals surface area contributed by atoms with Crippen LogP contribution in [0.3, 0.4) is 0 Å². The highest BCUT2D eigenvalue weighted by molar-refractivity contribution is 5.94. The van der Waals surface area contributed by atoms with Gasteiger partial charge in [0.15, 0.2) is 5.78 Å². The van der Waals surface area contributed by atoms with Crippen LogP contribution < -0.4 is 4.74 Å². The smallest absolute Gasteiger partial charge is 0.159 e. The second-order valence-corrected chi connectivity index (χ2v) is 6.97. The van der Waals surface area contributed by atoms with Gasteiger partial charge in [-0.15, -0.1) is 0 Å². The molecule has 5 heteroatoms. The maximum Gasteiger partial charge on any atom is 0.159 e. The van der Waals surface area contributed by atoms with Gasteiger partial charge < -0.3 is 4.74 Å². The van der Waals surface area contributed by atoms with E-state index in [9.17, 15) is 4.79 Å². The third-order valence-electron chi connectivity index (χ3n) is 4.51. The van der Waals surface area contributed by atoms with Crippen LogP contribution in [-0.2, 0) is 0 Å². The van der Waals surface area contributed by atoms with Crippen molar-refractivity contribution in [2.24, 2.45) is 0 Å². The first-order chi connectivity index (χ1) is 13.5. The molecule has 2 aromatic heterocycles. The quantitative estimate of drug-likeness (QED) is 0.459. The monoisotopic (exact) mass is 371 g/mol. The lowest BCUT2D eigenvalue weighted by Gasteiger charge is -2.11. The Hall–Kier alpha value is -3.47. The number of hydrogen-bond donors (Lipinski definition) is 0. The van der Waals surface area contributed by atoms with Crippen LogP contribution in [-0.4, -0.2) is 26.4 Å². The van der Waals surface area contributed by atoms with Crippen molar-refractivity contribution in [1.82, 2.24) is 14.5 Å². The summed E-state index contributed by atoms with van der Waals surface area (Å²) in [5.74, 6) is 0.897. The number of ketones is 1. The van der Waals surface area contributed by atoms with Gasteiger partial charge in [-0.3, -0.25) is 14.3 Å². The van der Waals surface area contributed by atoms with Crippen LogP contribution in [0.4, 0.5) is 0 Å². The number of Topliss-reactive ketones (excluding diaryl/α,β-unsaturated/α-hetero) is 1. The Morgan fingerprint density at radius 1 is 1.00 bits per heavy atom. The molecule has 4 aromatic rings. The highest BCUT2D eigenvalue weighted by Gasteiger charge is 2.09. The molecule has 5 nitrogen and oxygen atoms in total.